The Morgan fingerprint density at radius 3 is 2.32 bits per heavy atom. The van der Waals surface area contributed by atoms with E-state index in [1.165, 1.54) is 5.56 Å². The average Bonchev–Trinajstić information content (AvgIpc) is 2.59. The minimum atomic E-state index is -0.266. The normalized spacial score (nSPS) is 12.3. The van der Waals surface area contributed by atoms with Gasteiger partial charge in [-0.2, -0.15) is 0 Å². The third-order valence-corrected chi connectivity index (χ3v) is 5.01. The SMILES string of the molecule is CCc1ccc2cc3c(cc2c1)c(=O)oc1cc(C(C)(C)C)ccc13. The molecule has 0 aliphatic rings. The fourth-order valence-corrected chi connectivity index (χ4v) is 3.41. The molecular formula is C23H22O2. The lowest BCUT2D eigenvalue weighted by Crippen LogP contribution is -2.11. The topological polar surface area (TPSA) is 30.2 Å². The molecule has 1 heterocycles. The van der Waals surface area contributed by atoms with Gasteiger partial charge in [-0.3, -0.25) is 0 Å². The Hall–Kier alpha value is -2.61. The second kappa shape index (κ2) is 5.45. The molecule has 0 amide bonds. The minimum absolute atomic E-state index is 0.0155. The van der Waals surface area contributed by atoms with Gasteiger partial charge in [-0.1, -0.05) is 58.0 Å². The Morgan fingerprint density at radius 1 is 0.840 bits per heavy atom. The zero-order valence-corrected chi connectivity index (χ0v) is 15.1. The standard InChI is InChI=1S/C23H22O2/c1-5-14-6-7-15-11-19-18-9-8-17(23(2,3)4)13-21(18)25-22(24)20(19)12-16(15)10-14/h6-13H,5H2,1-4H3. The Bertz CT molecular complexity index is 1170. The zero-order valence-electron chi connectivity index (χ0n) is 15.1. The van der Waals surface area contributed by atoms with Crippen molar-refractivity contribution in [2.24, 2.45) is 0 Å². The van der Waals surface area contributed by atoms with E-state index in [9.17, 15) is 4.79 Å². The molecule has 0 aliphatic carbocycles. The van der Waals surface area contributed by atoms with Crippen LogP contribution in [0.25, 0.3) is 32.5 Å². The molecule has 3 aromatic carbocycles. The first kappa shape index (κ1) is 15.9. The monoisotopic (exact) mass is 330 g/mol. The molecular weight excluding hydrogens is 308 g/mol. The van der Waals surface area contributed by atoms with E-state index in [0.29, 0.717) is 11.0 Å². The van der Waals surface area contributed by atoms with E-state index in [0.717, 1.165) is 33.5 Å². The third kappa shape index (κ3) is 2.62. The van der Waals surface area contributed by atoms with Gasteiger partial charge in [0.15, 0.2) is 0 Å². The molecule has 4 aromatic rings. The van der Waals surface area contributed by atoms with E-state index < -0.39 is 0 Å². The zero-order chi connectivity index (χ0) is 17.8. The second-order valence-electron chi connectivity index (χ2n) is 7.78. The van der Waals surface area contributed by atoms with Crippen molar-refractivity contribution in [2.75, 3.05) is 0 Å². The quantitative estimate of drug-likeness (QED) is 0.245. The maximum Gasteiger partial charge on any atom is 0.344 e. The number of benzene rings is 3. The van der Waals surface area contributed by atoms with Crippen molar-refractivity contribution < 1.29 is 4.42 Å². The van der Waals surface area contributed by atoms with Crippen LogP contribution in [-0.2, 0) is 11.8 Å². The number of hydrogen-bond acceptors (Lipinski definition) is 2. The van der Waals surface area contributed by atoms with E-state index in [1.807, 2.05) is 12.1 Å². The van der Waals surface area contributed by atoms with E-state index in [4.69, 9.17) is 4.42 Å². The molecule has 0 bridgehead atoms. The molecule has 0 saturated heterocycles. The van der Waals surface area contributed by atoms with Crippen molar-refractivity contribution in [2.45, 2.75) is 39.5 Å². The first-order valence-corrected chi connectivity index (χ1v) is 8.80. The van der Waals surface area contributed by atoms with E-state index >= 15 is 0 Å². The molecule has 0 spiro atoms. The number of fused-ring (bicyclic) bond motifs is 4. The molecule has 0 unspecified atom stereocenters. The summed E-state index contributed by atoms with van der Waals surface area (Å²) in [5.41, 5.74) is 2.84. The van der Waals surface area contributed by atoms with Crippen molar-refractivity contribution in [3.63, 3.8) is 0 Å². The molecule has 0 saturated carbocycles. The van der Waals surface area contributed by atoms with E-state index in [2.05, 4.69) is 64.1 Å². The van der Waals surface area contributed by atoms with Gasteiger partial charge in [0.2, 0.25) is 0 Å². The number of rotatable bonds is 1. The van der Waals surface area contributed by atoms with Gasteiger partial charge in [0.05, 0.1) is 5.39 Å². The van der Waals surface area contributed by atoms with E-state index in [-0.39, 0.29) is 11.0 Å². The van der Waals surface area contributed by atoms with Crippen LogP contribution in [0.3, 0.4) is 0 Å². The molecule has 25 heavy (non-hydrogen) atoms. The molecule has 0 atom stereocenters. The first-order valence-electron chi connectivity index (χ1n) is 8.80. The third-order valence-electron chi connectivity index (χ3n) is 5.01. The molecule has 1 aromatic heterocycles. The Labute approximate surface area is 147 Å². The predicted octanol–water partition coefficient (Wildman–Crippen LogP) is 5.96. The lowest BCUT2D eigenvalue weighted by Gasteiger charge is -2.19. The van der Waals surface area contributed by atoms with Crippen LogP contribution in [0, 0.1) is 0 Å². The number of aryl methyl sites for hydroxylation is 1. The summed E-state index contributed by atoms with van der Waals surface area (Å²) >= 11 is 0. The summed E-state index contributed by atoms with van der Waals surface area (Å²) in [7, 11) is 0. The molecule has 0 N–H and O–H groups in total. The highest BCUT2D eigenvalue weighted by atomic mass is 16.4. The fourth-order valence-electron chi connectivity index (χ4n) is 3.41. The van der Waals surface area contributed by atoms with Crippen LogP contribution in [0.1, 0.15) is 38.8 Å². The van der Waals surface area contributed by atoms with Gasteiger partial charge >= 0.3 is 5.63 Å². The van der Waals surface area contributed by atoms with Gasteiger partial charge in [0, 0.05) is 10.8 Å². The molecule has 4 rings (SSSR count). The molecule has 126 valence electrons. The van der Waals surface area contributed by atoms with Crippen molar-refractivity contribution >= 4 is 32.5 Å². The van der Waals surface area contributed by atoms with E-state index in [1.54, 1.807) is 0 Å². The maximum absolute atomic E-state index is 12.6. The summed E-state index contributed by atoms with van der Waals surface area (Å²) in [6.07, 6.45) is 0.982. The second-order valence-corrected chi connectivity index (χ2v) is 7.78. The van der Waals surface area contributed by atoms with Crippen LogP contribution in [-0.4, -0.2) is 0 Å². The number of hydrogen-bond donors (Lipinski definition) is 0. The highest BCUT2D eigenvalue weighted by Gasteiger charge is 2.16. The Balaban J connectivity index is 2.09. The van der Waals surface area contributed by atoms with Crippen molar-refractivity contribution in [3.05, 3.63) is 70.1 Å². The van der Waals surface area contributed by atoms with Crippen LogP contribution in [0.15, 0.2) is 57.7 Å². The van der Waals surface area contributed by atoms with Gasteiger partial charge in [-0.15, -0.1) is 0 Å². The van der Waals surface area contributed by atoms with Crippen molar-refractivity contribution in [3.8, 4) is 0 Å². The lowest BCUT2D eigenvalue weighted by molar-refractivity contribution is 0.560. The Morgan fingerprint density at radius 2 is 1.60 bits per heavy atom. The van der Waals surface area contributed by atoms with Gasteiger partial charge in [-0.05, 0) is 51.9 Å². The van der Waals surface area contributed by atoms with Gasteiger partial charge < -0.3 is 4.42 Å². The summed E-state index contributed by atoms with van der Waals surface area (Å²) in [5, 5.41) is 4.84. The fraction of sp³-hybridized carbons (Fsp3) is 0.261. The van der Waals surface area contributed by atoms with Crippen LogP contribution in [0.5, 0.6) is 0 Å². The summed E-state index contributed by atoms with van der Waals surface area (Å²) < 4.78 is 5.66. The minimum Gasteiger partial charge on any atom is -0.422 e. The largest absolute Gasteiger partial charge is 0.422 e. The smallest absolute Gasteiger partial charge is 0.344 e. The summed E-state index contributed by atoms with van der Waals surface area (Å²) in [4.78, 5) is 12.6. The van der Waals surface area contributed by atoms with Gasteiger partial charge in [0.1, 0.15) is 5.58 Å². The first-order chi connectivity index (χ1) is 11.9. The summed E-state index contributed by atoms with van der Waals surface area (Å²) in [5.74, 6) is 0. The molecule has 2 nitrogen and oxygen atoms in total. The van der Waals surface area contributed by atoms with Crippen LogP contribution >= 0.6 is 0 Å². The van der Waals surface area contributed by atoms with Gasteiger partial charge in [0.25, 0.3) is 0 Å². The average molecular weight is 330 g/mol. The molecule has 2 heteroatoms. The highest BCUT2D eigenvalue weighted by Crippen LogP contribution is 2.31. The van der Waals surface area contributed by atoms with Gasteiger partial charge in [-0.25, -0.2) is 4.79 Å². The summed E-state index contributed by atoms with van der Waals surface area (Å²) in [6.45, 7) is 8.61. The van der Waals surface area contributed by atoms with Crippen LogP contribution in [0.4, 0.5) is 0 Å². The molecule has 0 aliphatic heterocycles. The lowest BCUT2D eigenvalue weighted by atomic mass is 9.86. The Kier molecular flexibility index (Phi) is 3.47. The maximum atomic E-state index is 12.6. The van der Waals surface area contributed by atoms with Crippen molar-refractivity contribution in [1.29, 1.82) is 0 Å². The predicted molar refractivity (Wildman–Crippen MR) is 106 cm³/mol. The molecule has 0 fully saturated rings. The summed E-state index contributed by atoms with van der Waals surface area (Å²) in [6, 6.07) is 16.7. The van der Waals surface area contributed by atoms with Crippen molar-refractivity contribution in [1.82, 2.24) is 0 Å². The highest BCUT2D eigenvalue weighted by molar-refractivity contribution is 6.09. The van der Waals surface area contributed by atoms with Crippen LogP contribution in [0.2, 0.25) is 0 Å². The molecule has 0 radical (unpaired) electrons. The van der Waals surface area contributed by atoms with Crippen LogP contribution < -0.4 is 5.63 Å².